The van der Waals surface area contributed by atoms with E-state index in [-0.39, 0.29) is 12.1 Å². The van der Waals surface area contributed by atoms with Crippen molar-refractivity contribution in [3.8, 4) is 11.8 Å². The van der Waals surface area contributed by atoms with Crippen LogP contribution in [0.4, 0.5) is 4.79 Å². The number of rotatable bonds is 3. The lowest BCUT2D eigenvalue weighted by molar-refractivity contribution is 0.111. The largest absolute Gasteiger partial charge is 0.450 e. The van der Waals surface area contributed by atoms with Gasteiger partial charge in [-0.1, -0.05) is 11.8 Å². The van der Waals surface area contributed by atoms with Crippen LogP contribution < -0.4 is 0 Å². The molecule has 0 aromatic carbocycles. The van der Waals surface area contributed by atoms with E-state index in [1.54, 1.807) is 26.5 Å². The lowest BCUT2D eigenvalue weighted by atomic mass is 10.3. The molecule has 0 saturated heterocycles. The van der Waals surface area contributed by atoms with E-state index in [1.165, 1.54) is 4.90 Å². The highest BCUT2D eigenvalue weighted by atomic mass is 16.6. The monoisotopic (exact) mass is 235 g/mol. The minimum atomic E-state index is -0.350. The molecule has 0 bridgehead atoms. The van der Waals surface area contributed by atoms with E-state index in [9.17, 15) is 4.79 Å². The van der Waals surface area contributed by atoms with Crippen LogP contribution in [0.15, 0.2) is 18.7 Å². The Kier molecular flexibility index (Phi) is 5.08. The Morgan fingerprint density at radius 1 is 1.65 bits per heavy atom. The van der Waals surface area contributed by atoms with Crippen molar-refractivity contribution in [3.63, 3.8) is 0 Å². The first-order valence-corrected chi connectivity index (χ1v) is 5.48. The summed E-state index contributed by atoms with van der Waals surface area (Å²) in [7, 11) is 1.68. The molecule has 0 aliphatic heterocycles. The molecular formula is C12H17N3O2. The molecule has 17 heavy (non-hydrogen) atoms. The molecule has 5 heteroatoms. The van der Waals surface area contributed by atoms with E-state index in [0.29, 0.717) is 13.2 Å². The van der Waals surface area contributed by atoms with E-state index in [0.717, 1.165) is 0 Å². The molecule has 5 nitrogen and oxygen atoms in total. The highest BCUT2D eigenvalue weighted by Crippen LogP contribution is 1.97. The molecular weight excluding hydrogens is 218 g/mol. The molecule has 1 aromatic heterocycles. The predicted octanol–water partition coefficient (Wildman–Crippen LogP) is 1.36. The Morgan fingerprint density at radius 2 is 2.41 bits per heavy atom. The summed E-state index contributed by atoms with van der Waals surface area (Å²) in [6.45, 7) is 4.58. The quantitative estimate of drug-likeness (QED) is 0.743. The van der Waals surface area contributed by atoms with Crippen LogP contribution in [0, 0.1) is 11.8 Å². The Hall–Kier alpha value is -1.96. The van der Waals surface area contributed by atoms with Crippen LogP contribution >= 0.6 is 0 Å². The van der Waals surface area contributed by atoms with Crippen molar-refractivity contribution in [1.29, 1.82) is 0 Å². The maximum Gasteiger partial charge on any atom is 0.410 e. The van der Waals surface area contributed by atoms with Gasteiger partial charge in [-0.2, -0.15) is 0 Å². The van der Waals surface area contributed by atoms with E-state index < -0.39 is 0 Å². The first kappa shape index (κ1) is 13.1. The minimum Gasteiger partial charge on any atom is -0.450 e. The van der Waals surface area contributed by atoms with E-state index in [4.69, 9.17) is 4.74 Å². The van der Waals surface area contributed by atoms with Gasteiger partial charge in [-0.05, 0) is 13.8 Å². The molecule has 1 unspecified atom stereocenters. The first-order valence-electron chi connectivity index (χ1n) is 5.48. The summed E-state index contributed by atoms with van der Waals surface area (Å²) in [5.74, 6) is 5.98. The maximum atomic E-state index is 11.4. The zero-order valence-electron chi connectivity index (χ0n) is 10.4. The summed E-state index contributed by atoms with van der Waals surface area (Å²) in [4.78, 5) is 16.8. The van der Waals surface area contributed by atoms with Gasteiger partial charge in [0.15, 0.2) is 0 Å². The number of carbonyl (C=O) groups excluding carboxylic acids is 1. The normalized spacial score (nSPS) is 11.2. The molecule has 1 amide bonds. The summed E-state index contributed by atoms with van der Waals surface area (Å²) in [6, 6.07) is -0.169. The van der Waals surface area contributed by atoms with Gasteiger partial charge in [0.2, 0.25) is 0 Å². The van der Waals surface area contributed by atoms with E-state index in [1.807, 2.05) is 17.7 Å². The van der Waals surface area contributed by atoms with Crippen molar-refractivity contribution in [2.24, 2.45) is 0 Å². The van der Waals surface area contributed by atoms with Crippen molar-refractivity contribution in [2.75, 3.05) is 13.7 Å². The first-order chi connectivity index (χ1) is 8.15. The van der Waals surface area contributed by atoms with Gasteiger partial charge in [0.25, 0.3) is 0 Å². The summed E-state index contributed by atoms with van der Waals surface area (Å²) < 4.78 is 6.75. The van der Waals surface area contributed by atoms with Crippen molar-refractivity contribution in [2.45, 2.75) is 26.4 Å². The van der Waals surface area contributed by atoms with Gasteiger partial charge in [-0.25, -0.2) is 9.78 Å². The second-order valence-electron chi connectivity index (χ2n) is 3.54. The Labute approximate surface area is 101 Å². The summed E-state index contributed by atoms with van der Waals surface area (Å²) in [5.41, 5.74) is 0. The topological polar surface area (TPSA) is 47.4 Å². The van der Waals surface area contributed by atoms with Crippen molar-refractivity contribution < 1.29 is 9.53 Å². The van der Waals surface area contributed by atoms with Crippen LogP contribution in [-0.4, -0.2) is 40.2 Å². The van der Waals surface area contributed by atoms with Gasteiger partial charge < -0.3 is 9.30 Å². The lowest BCUT2D eigenvalue weighted by Gasteiger charge is -2.19. The SMILES string of the molecule is CCOC(=O)N(C)C(C)C#CCn1ccnc1. The zero-order valence-corrected chi connectivity index (χ0v) is 10.4. The van der Waals surface area contributed by atoms with Crippen molar-refractivity contribution in [3.05, 3.63) is 18.7 Å². The van der Waals surface area contributed by atoms with Gasteiger partial charge >= 0.3 is 6.09 Å². The summed E-state index contributed by atoms with van der Waals surface area (Å²) >= 11 is 0. The average Bonchev–Trinajstić information content (AvgIpc) is 2.81. The van der Waals surface area contributed by atoms with Gasteiger partial charge in [0.1, 0.15) is 0 Å². The molecule has 0 fully saturated rings. The fourth-order valence-corrected chi connectivity index (χ4v) is 1.15. The highest BCUT2D eigenvalue weighted by Gasteiger charge is 2.13. The number of hydrogen-bond acceptors (Lipinski definition) is 3. The molecule has 1 aromatic rings. The molecule has 1 heterocycles. The van der Waals surface area contributed by atoms with Gasteiger partial charge in [-0.15, -0.1) is 0 Å². The third-order valence-corrected chi connectivity index (χ3v) is 2.27. The standard InChI is InChI=1S/C12H17N3O2/c1-4-17-12(16)14(3)11(2)6-5-8-15-9-7-13-10-15/h7,9-11H,4,8H2,1-3H3. The van der Waals surface area contributed by atoms with Crippen LogP contribution in [0.1, 0.15) is 13.8 Å². The third-order valence-electron chi connectivity index (χ3n) is 2.27. The smallest absolute Gasteiger partial charge is 0.410 e. The molecule has 1 atom stereocenters. The number of amides is 1. The third kappa shape index (κ3) is 4.19. The van der Waals surface area contributed by atoms with Gasteiger partial charge in [0.05, 0.1) is 25.5 Å². The number of aromatic nitrogens is 2. The predicted molar refractivity (Wildman–Crippen MR) is 64.3 cm³/mol. The lowest BCUT2D eigenvalue weighted by Crippen LogP contribution is -2.34. The number of imidazole rings is 1. The zero-order chi connectivity index (χ0) is 12.7. The minimum absolute atomic E-state index is 0.169. The van der Waals surface area contributed by atoms with Crippen LogP contribution in [0.3, 0.4) is 0 Å². The van der Waals surface area contributed by atoms with E-state index >= 15 is 0 Å². The molecule has 1 rings (SSSR count). The fourth-order valence-electron chi connectivity index (χ4n) is 1.15. The number of nitrogens with zero attached hydrogens (tertiary/aromatic N) is 3. The Morgan fingerprint density at radius 3 is 3.00 bits per heavy atom. The second kappa shape index (κ2) is 6.59. The van der Waals surface area contributed by atoms with Crippen molar-refractivity contribution >= 4 is 6.09 Å². The second-order valence-corrected chi connectivity index (χ2v) is 3.54. The van der Waals surface area contributed by atoms with Gasteiger partial charge in [0, 0.05) is 19.4 Å². The number of carbonyl (C=O) groups is 1. The van der Waals surface area contributed by atoms with Crippen LogP contribution in [0.25, 0.3) is 0 Å². The molecule has 0 aliphatic rings. The Balaban J connectivity index is 2.45. The Bertz CT molecular complexity index is 403. The van der Waals surface area contributed by atoms with Crippen molar-refractivity contribution in [1.82, 2.24) is 14.5 Å². The molecule has 0 radical (unpaired) electrons. The summed E-state index contributed by atoms with van der Waals surface area (Å²) in [5, 5.41) is 0. The number of ether oxygens (including phenoxy) is 1. The maximum absolute atomic E-state index is 11.4. The fraction of sp³-hybridized carbons (Fsp3) is 0.500. The highest BCUT2D eigenvalue weighted by molar-refractivity contribution is 5.68. The molecule has 0 saturated carbocycles. The molecule has 0 N–H and O–H groups in total. The van der Waals surface area contributed by atoms with Crippen LogP contribution in [0.5, 0.6) is 0 Å². The summed E-state index contributed by atoms with van der Waals surface area (Å²) in [6.07, 6.45) is 4.90. The van der Waals surface area contributed by atoms with Crippen LogP contribution in [0.2, 0.25) is 0 Å². The molecule has 0 spiro atoms. The van der Waals surface area contributed by atoms with Gasteiger partial charge in [-0.3, -0.25) is 4.90 Å². The average molecular weight is 235 g/mol. The van der Waals surface area contributed by atoms with E-state index in [2.05, 4.69) is 16.8 Å². The number of hydrogen-bond donors (Lipinski definition) is 0. The van der Waals surface area contributed by atoms with Crippen LogP contribution in [-0.2, 0) is 11.3 Å². The molecule has 92 valence electrons. The molecule has 0 aliphatic carbocycles.